The molecule has 0 saturated heterocycles. The lowest BCUT2D eigenvalue weighted by Crippen LogP contribution is -2.35. The maximum absolute atomic E-state index is 13.6. The molecule has 0 unspecified atom stereocenters. The van der Waals surface area contributed by atoms with E-state index in [0.717, 1.165) is 28.2 Å². The fourth-order valence-electron chi connectivity index (χ4n) is 3.33. The van der Waals surface area contributed by atoms with Gasteiger partial charge in [0.2, 0.25) is 19.4 Å². The molecule has 8 nitrogen and oxygen atoms in total. The number of hydrogen-bond acceptors (Lipinski definition) is 6. The first kappa shape index (κ1) is 22.4. The van der Waals surface area contributed by atoms with Gasteiger partial charge < -0.3 is 4.57 Å². The highest BCUT2D eigenvalue weighted by atomic mass is 35.5. The molecule has 0 atom stereocenters. The Morgan fingerprint density at radius 2 is 2.00 bits per heavy atom. The van der Waals surface area contributed by atoms with Crippen LogP contribution in [0.25, 0.3) is 11.8 Å². The van der Waals surface area contributed by atoms with Crippen molar-refractivity contribution < 1.29 is 17.6 Å². The van der Waals surface area contributed by atoms with Gasteiger partial charge in [-0.1, -0.05) is 18.5 Å². The van der Waals surface area contributed by atoms with Crippen LogP contribution in [-0.4, -0.2) is 45.0 Å². The normalized spacial score (nSPS) is 17.7. The third-order valence-electron chi connectivity index (χ3n) is 5.01. The van der Waals surface area contributed by atoms with E-state index in [-0.39, 0.29) is 31.7 Å². The van der Waals surface area contributed by atoms with Gasteiger partial charge in [0.25, 0.3) is 5.91 Å². The number of carbonyl (C=O) groups is 1. The molecule has 3 heterocycles. The number of sulfone groups is 1. The van der Waals surface area contributed by atoms with Crippen molar-refractivity contribution in [2.75, 3.05) is 5.75 Å². The van der Waals surface area contributed by atoms with Gasteiger partial charge in [-0.05, 0) is 61.5 Å². The van der Waals surface area contributed by atoms with Crippen molar-refractivity contribution in [3.05, 3.63) is 57.6 Å². The number of benzene rings is 1. The van der Waals surface area contributed by atoms with E-state index in [1.165, 1.54) is 25.1 Å². The summed E-state index contributed by atoms with van der Waals surface area (Å²) in [5.74, 6) is -1.59. The van der Waals surface area contributed by atoms with Crippen molar-refractivity contribution in [1.29, 1.82) is 5.41 Å². The second kappa shape index (κ2) is 7.98. The van der Waals surface area contributed by atoms with Crippen molar-refractivity contribution in [3.63, 3.8) is 0 Å². The standard InChI is InChI=1S/C20H17ClFN5O3S2/c1-4-32(29,30)20-25-27-17(23)14(18(28)24-19(27)31-20)8-12-7-10(2)26(11(12)3)13-5-6-16(22)15(21)9-13/h5-9,23H,4H2,1-3H3/b14-8+,23-17?. The summed E-state index contributed by atoms with van der Waals surface area (Å²) in [4.78, 5) is 16.6. The SMILES string of the molecule is CCS(=O)(=O)C1=NN2C(=N)/C(=C\c3cc(C)n(-c4ccc(F)c(Cl)c4)c3C)C(=O)N=C2S1. The summed E-state index contributed by atoms with van der Waals surface area (Å²) in [6, 6.07) is 6.18. The third-order valence-corrected chi connectivity index (χ3v) is 8.39. The molecule has 1 aromatic carbocycles. The first-order valence-electron chi connectivity index (χ1n) is 9.41. The number of carbonyl (C=O) groups excluding carboxylic acids is 1. The average Bonchev–Trinajstić information content (AvgIpc) is 3.29. The summed E-state index contributed by atoms with van der Waals surface area (Å²) >= 11 is 6.68. The van der Waals surface area contributed by atoms with E-state index in [1.54, 1.807) is 6.07 Å². The molecule has 1 amide bonds. The first-order chi connectivity index (χ1) is 15.0. The van der Waals surface area contributed by atoms with E-state index >= 15 is 0 Å². The molecule has 0 radical (unpaired) electrons. The topological polar surface area (TPSA) is 108 Å². The van der Waals surface area contributed by atoms with E-state index in [9.17, 15) is 17.6 Å². The molecule has 2 aromatic rings. The second-order valence-electron chi connectivity index (χ2n) is 7.05. The number of hydrogen-bond donors (Lipinski definition) is 1. The van der Waals surface area contributed by atoms with Crippen LogP contribution in [0.4, 0.5) is 4.39 Å². The summed E-state index contributed by atoms with van der Waals surface area (Å²) in [5, 5.41) is 13.5. The van der Waals surface area contributed by atoms with Crippen molar-refractivity contribution in [2.45, 2.75) is 20.8 Å². The zero-order valence-corrected chi connectivity index (χ0v) is 19.6. The average molecular weight is 494 g/mol. The highest BCUT2D eigenvalue weighted by Gasteiger charge is 2.39. The number of fused-ring (bicyclic) bond motifs is 1. The van der Waals surface area contributed by atoms with Gasteiger partial charge in [-0.15, -0.1) is 5.10 Å². The minimum Gasteiger partial charge on any atom is -0.318 e. The van der Waals surface area contributed by atoms with Gasteiger partial charge in [-0.2, -0.15) is 10.0 Å². The van der Waals surface area contributed by atoms with Crippen LogP contribution >= 0.6 is 23.4 Å². The Balaban J connectivity index is 1.75. The first-order valence-corrected chi connectivity index (χ1v) is 12.3. The molecule has 32 heavy (non-hydrogen) atoms. The number of aryl methyl sites for hydroxylation is 1. The fraction of sp³-hybridized carbons (Fsp3) is 0.200. The van der Waals surface area contributed by atoms with Crippen molar-refractivity contribution in [3.8, 4) is 5.69 Å². The summed E-state index contributed by atoms with van der Waals surface area (Å²) in [7, 11) is -3.60. The van der Waals surface area contributed by atoms with Crippen molar-refractivity contribution >= 4 is 60.6 Å². The van der Waals surface area contributed by atoms with E-state index in [2.05, 4.69) is 10.1 Å². The second-order valence-corrected chi connectivity index (χ2v) is 10.9. The highest BCUT2D eigenvalue weighted by Crippen LogP contribution is 2.31. The van der Waals surface area contributed by atoms with Crippen LogP contribution in [0.1, 0.15) is 23.9 Å². The largest absolute Gasteiger partial charge is 0.318 e. The lowest BCUT2D eigenvalue weighted by Gasteiger charge is -2.20. The van der Waals surface area contributed by atoms with Crippen LogP contribution in [0.15, 0.2) is 39.9 Å². The van der Waals surface area contributed by atoms with Crippen LogP contribution < -0.4 is 0 Å². The zero-order chi connectivity index (χ0) is 23.4. The Morgan fingerprint density at radius 3 is 2.66 bits per heavy atom. The molecule has 0 fully saturated rings. The summed E-state index contributed by atoms with van der Waals surface area (Å²) in [6.07, 6.45) is 1.52. The highest BCUT2D eigenvalue weighted by molar-refractivity contribution is 8.42. The molecule has 12 heteroatoms. The summed E-state index contributed by atoms with van der Waals surface area (Å²) in [6.45, 7) is 5.15. The predicted octanol–water partition coefficient (Wildman–Crippen LogP) is 3.90. The smallest absolute Gasteiger partial charge is 0.283 e. The number of thioether (sulfide) groups is 1. The van der Waals surface area contributed by atoms with Crippen LogP contribution in [0.2, 0.25) is 5.02 Å². The molecule has 2 aliphatic heterocycles. The van der Waals surface area contributed by atoms with Gasteiger partial charge in [-0.3, -0.25) is 10.2 Å². The van der Waals surface area contributed by atoms with E-state index in [1.807, 2.05) is 24.5 Å². The van der Waals surface area contributed by atoms with Crippen molar-refractivity contribution in [2.24, 2.45) is 10.1 Å². The van der Waals surface area contributed by atoms with Crippen LogP contribution in [0.5, 0.6) is 0 Å². The lowest BCUT2D eigenvalue weighted by atomic mass is 10.1. The molecule has 1 aromatic heterocycles. The van der Waals surface area contributed by atoms with Gasteiger partial charge in [-0.25, -0.2) is 12.8 Å². The maximum Gasteiger partial charge on any atom is 0.283 e. The predicted molar refractivity (Wildman–Crippen MR) is 125 cm³/mol. The Bertz CT molecular complexity index is 1390. The molecule has 166 valence electrons. The van der Waals surface area contributed by atoms with Crippen LogP contribution in [-0.2, 0) is 14.6 Å². The Morgan fingerprint density at radius 1 is 1.28 bits per heavy atom. The van der Waals surface area contributed by atoms with Crippen LogP contribution in [0, 0.1) is 25.1 Å². The van der Waals surface area contributed by atoms with Gasteiger partial charge in [0.15, 0.2) is 5.84 Å². The van der Waals surface area contributed by atoms with E-state index in [0.29, 0.717) is 11.3 Å². The number of hydrazone groups is 1. The number of aliphatic imine (C=N–C) groups is 1. The molecule has 0 bridgehead atoms. The van der Waals surface area contributed by atoms with Gasteiger partial charge in [0.05, 0.1) is 16.3 Å². The van der Waals surface area contributed by atoms with Gasteiger partial charge in [0.1, 0.15) is 5.82 Å². The van der Waals surface area contributed by atoms with Crippen molar-refractivity contribution in [1.82, 2.24) is 9.58 Å². The monoisotopic (exact) mass is 493 g/mol. The summed E-state index contributed by atoms with van der Waals surface area (Å²) < 4.78 is 39.5. The molecule has 1 N–H and O–H groups in total. The number of nitrogens with one attached hydrogen (secondary N) is 1. The van der Waals surface area contributed by atoms with Crippen LogP contribution in [0.3, 0.4) is 0 Å². The number of nitrogens with zero attached hydrogens (tertiary/aromatic N) is 4. The summed E-state index contributed by atoms with van der Waals surface area (Å²) in [5.41, 5.74) is 2.82. The molecule has 2 aliphatic rings. The lowest BCUT2D eigenvalue weighted by molar-refractivity contribution is -0.114. The molecule has 0 aliphatic carbocycles. The number of amidine groups is 2. The minimum atomic E-state index is -3.60. The van der Waals surface area contributed by atoms with E-state index in [4.69, 9.17) is 17.0 Å². The Kier molecular flexibility index (Phi) is 5.60. The van der Waals surface area contributed by atoms with Gasteiger partial charge in [0, 0.05) is 17.1 Å². The molecule has 4 rings (SSSR count). The fourth-order valence-corrected chi connectivity index (χ4v) is 5.67. The third kappa shape index (κ3) is 3.70. The Labute approximate surface area is 192 Å². The van der Waals surface area contributed by atoms with Gasteiger partial charge >= 0.3 is 0 Å². The zero-order valence-electron chi connectivity index (χ0n) is 17.2. The maximum atomic E-state index is 13.6. The number of halogens is 2. The molecule has 0 spiro atoms. The number of aromatic nitrogens is 1. The Hall–Kier alpha value is -2.76. The molecule has 0 saturated carbocycles. The number of amides is 1. The minimum absolute atomic E-state index is 0.0109. The molecular formula is C20H17ClFN5O3S2. The molecular weight excluding hydrogens is 477 g/mol. The number of rotatable bonds is 3. The van der Waals surface area contributed by atoms with E-state index < -0.39 is 21.6 Å². The quantitative estimate of drug-likeness (QED) is 0.652.